The maximum atomic E-state index is 12.7. The third-order valence-corrected chi connectivity index (χ3v) is 4.91. The summed E-state index contributed by atoms with van der Waals surface area (Å²) in [5.74, 6) is 0.368. The monoisotopic (exact) mass is 376 g/mol. The van der Waals surface area contributed by atoms with Gasteiger partial charge in [0.15, 0.2) is 11.5 Å². The highest BCUT2D eigenvalue weighted by atomic mass is 32.1. The first-order chi connectivity index (χ1) is 12.3. The van der Waals surface area contributed by atoms with Crippen molar-refractivity contribution in [2.45, 2.75) is 50.5 Å². The normalized spacial score (nSPS) is 19.3. The van der Waals surface area contributed by atoms with Gasteiger partial charge >= 0.3 is 5.97 Å². The molecule has 1 aromatic carbocycles. The molecule has 1 aromatic rings. The van der Waals surface area contributed by atoms with Crippen molar-refractivity contribution in [3.63, 3.8) is 0 Å². The van der Waals surface area contributed by atoms with E-state index in [4.69, 9.17) is 14.2 Å². The van der Waals surface area contributed by atoms with Crippen LogP contribution in [0, 0.1) is 11.3 Å². The molecule has 26 heavy (non-hydrogen) atoms. The van der Waals surface area contributed by atoms with Crippen molar-refractivity contribution >= 4 is 24.3 Å². The lowest BCUT2D eigenvalue weighted by molar-refractivity contribution is -0.147. The minimum absolute atomic E-state index is 0.105. The van der Waals surface area contributed by atoms with Crippen LogP contribution < -0.4 is 9.47 Å². The highest BCUT2D eigenvalue weighted by Crippen LogP contribution is 2.37. The zero-order valence-corrected chi connectivity index (χ0v) is 16.6. The fourth-order valence-electron chi connectivity index (χ4n) is 2.80. The number of hydrogen-bond donors (Lipinski definition) is 1. The van der Waals surface area contributed by atoms with Crippen LogP contribution in [-0.4, -0.2) is 42.8 Å². The number of thiol groups is 1. The number of carbonyl (C=O) groups is 1. The van der Waals surface area contributed by atoms with Gasteiger partial charge in [-0.2, -0.15) is 5.26 Å². The van der Waals surface area contributed by atoms with Gasteiger partial charge < -0.3 is 14.2 Å². The second-order valence-corrected chi connectivity index (χ2v) is 7.01. The lowest BCUT2D eigenvalue weighted by atomic mass is 9.87. The topological polar surface area (TPSA) is 80.9 Å². The van der Waals surface area contributed by atoms with Gasteiger partial charge in [-0.05, 0) is 44.4 Å². The average molecular weight is 376 g/mol. The lowest BCUT2D eigenvalue weighted by Gasteiger charge is -2.29. The van der Waals surface area contributed by atoms with Crippen LogP contribution in [0.5, 0.6) is 11.5 Å². The third-order valence-electron chi connectivity index (χ3n) is 4.41. The summed E-state index contributed by atoms with van der Waals surface area (Å²) in [5, 5.41) is 9.77. The molecule has 0 bridgehead atoms. The fraction of sp³-hybridized carbons (Fsp3) is 0.526. The molecule has 1 heterocycles. The molecule has 1 aliphatic rings. The van der Waals surface area contributed by atoms with Crippen LogP contribution in [0.3, 0.4) is 0 Å². The Bertz CT molecular complexity index is 772. The molecular weight excluding hydrogens is 352 g/mol. The Kier molecular flexibility index (Phi) is 6.19. The molecule has 0 aromatic heterocycles. The van der Waals surface area contributed by atoms with E-state index in [1.807, 2.05) is 26.0 Å². The molecule has 0 amide bonds. The number of fused-ring (bicyclic) bond motifs is 1. The number of hydrogen-bond acceptors (Lipinski definition) is 7. The number of ether oxygens (including phenoxy) is 3. The molecule has 0 aliphatic carbocycles. The Labute approximate surface area is 159 Å². The first kappa shape index (κ1) is 20.1. The van der Waals surface area contributed by atoms with Crippen molar-refractivity contribution in [2.75, 3.05) is 14.2 Å². The van der Waals surface area contributed by atoms with E-state index in [9.17, 15) is 10.1 Å². The largest absolute Gasteiger partial charge is 0.493 e. The Morgan fingerprint density at radius 3 is 2.58 bits per heavy atom. The van der Waals surface area contributed by atoms with E-state index in [1.54, 1.807) is 20.1 Å². The number of carbonyl (C=O) groups excluding carboxylic acids is 1. The highest BCUT2D eigenvalue weighted by molar-refractivity contribution is 7.84. The molecule has 0 saturated heterocycles. The van der Waals surface area contributed by atoms with Gasteiger partial charge in [0.2, 0.25) is 4.75 Å². The number of benzene rings is 1. The maximum absolute atomic E-state index is 12.7. The molecule has 6 nitrogen and oxygen atoms in total. The Balaban J connectivity index is 2.58. The first-order valence-corrected chi connectivity index (χ1v) is 8.93. The van der Waals surface area contributed by atoms with Crippen LogP contribution >= 0.6 is 12.6 Å². The predicted molar refractivity (Wildman–Crippen MR) is 102 cm³/mol. The second-order valence-electron chi connectivity index (χ2n) is 6.34. The van der Waals surface area contributed by atoms with Gasteiger partial charge in [0.05, 0.1) is 38.1 Å². The molecule has 0 fully saturated rings. The van der Waals surface area contributed by atoms with E-state index in [2.05, 4.69) is 17.6 Å². The highest BCUT2D eigenvalue weighted by Gasteiger charge is 2.46. The lowest BCUT2D eigenvalue weighted by Crippen LogP contribution is -2.45. The first-order valence-electron chi connectivity index (χ1n) is 8.48. The number of rotatable bonds is 6. The zero-order chi connectivity index (χ0) is 19.5. The van der Waals surface area contributed by atoms with Gasteiger partial charge in [-0.25, -0.2) is 4.79 Å². The number of esters is 1. The second kappa shape index (κ2) is 8.00. The number of nitriles is 1. The summed E-state index contributed by atoms with van der Waals surface area (Å²) in [6.45, 7) is 5.60. The molecule has 0 spiro atoms. The molecule has 2 rings (SSSR count). The van der Waals surface area contributed by atoms with E-state index in [0.717, 1.165) is 5.56 Å². The Morgan fingerprint density at radius 2 is 2.04 bits per heavy atom. The van der Waals surface area contributed by atoms with Gasteiger partial charge in [-0.3, -0.25) is 4.99 Å². The molecule has 1 aliphatic heterocycles. The summed E-state index contributed by atoms with van der Waals surface area (Å²) in [6.07, 6.45) is 0.995. The van der Waals surface area contributed by atoms with Crippen LogP contribution in [0.2, 0.25) is 0 Å². The fourth-order valence-corrected chi connectivity index (χ4v) is 3.03. The summed E-state index contributed by atoms with van der Waals surface area (Å²) in [7, 11) is 3.09. The van der Waals surface area contributed by atoms with E-state index in [-0.39, 0.29) is 17.9 Å². The minimum atomic E-state index is -1.80. The average Bonchev–Trinajstić information content (AvgIpc) is 2.65. The van der Waals surface area contributed by atoms with Crippen molar-refractivity contribution in [3.8, 4) is 17.6 Å². The summed E-state index contributed by atoms with van der Waals surface area (Å²) < 4.78 is 14.3. The molecule has 3 unspecified atom stereocenters. The number of aliphatic imine (C=N–C) groups is 1. The molecule has 0 saturated carbocycles. The summed E-state index contributed by atoms with van der Waals surface area (Å²) in [5.41, 5.74) is 1.86. The Hall–Kier alpha value is -2.20. The molecular formula is C19H24N2O4S. The molecule has 3 atom stereocenters. The maximum Gasteiger partial charge on any atom is 0.343 e. The predicted octanol–water partition coefficient (Wildman–Crippen LogP) is 2.97. The zero-order valence-electron chi connectivity index (χ0n) is 15.7. The van der Waals surface area contributed by atoms with Gasteiger partial charge in [-0.1, -0.05) is 6.92 Å². The summed E-state index contributed by atoms with van der Waals surface area (Å²) in [6, 6.07) is 5.47. The summed E-state index contributed by atoms with van der Waals surface area (Å²) >= 11 is 4.41. The molecule has 140 valence electrons. The van der Waals surface area contributed by atoms with Crippen LogP contribution in [0.15, 0.2) is 17.1 Å². The van der Waals surface area contributed by atoms with Crippen molar-refractivity contribution in [2.24, 2.45) is 4.99 Å². The van der Waals surface area contributed by atoms with Crippen molar-refractivity contribution in [3.05, 3.63) is 23.3 Å². The van der Waals surface area contributed by atoms with E-state index >= 15 is 0 Å². The number of methoxy groups -OCH3 is 2. The third kappa shape index (κ3) is 3.65. The van der Waals surface area contributed by atoms with Crippen LogP contribution in [0.4, 0.5) is 0 Å². The van der Waals surface area contributed by atoms with E-state index < -0.39 is 10.7 Å². The quantitative estimate of drug-likeness (QED) is 0.610. The standard InChI is InChI=1S/C19H24N2O4S/c1-6-12(3)25-18(22)19(26,10-20)17-14-9-16(24-5)15(23-4)8-13(14)7-11(2)21-17/h8-9,11-12,26H,6-7H2,1-5H3. The smallest absolute Gasteiger partial charge is 0.343 e. The SMILES string of the molecule is CCC(C)OC(=O)C(S)(C#N)C1=NC(C)Cc2cc(OC)c(OC)cc21. The molecule has 7 heteroatoms. The van der Waals surface area contributed by atoms with Crippen molar-refractivity contribution < 1.29 is 19.0 Å². The molecule has 0 N–H and O–H groups in total. The van der Waals surface area contributed by atoms with Crippen molar-refractivity contribution in [1.82, 2.24) is 0 Å². The Morgan fingerprint density at radius 1 is 1.42 bits per heavy atom. The van der Waals surface area contributed by atoms with Crippen molar-refractivity contribution in [1.29, 1.82) is 5.26 Å². The molecule has 0 radical (unpaired) electrons. The minimum Gasteiger partial charge on any atom is -0.493 e. The summed E-state index contributed by atoms with van der Waals surface area (Å²) in [4.78, 5) is 17.3. The number of nitrogens with zero attached hydrogens (tertiary/aromatic N) is 2. The van der Waals surface area contributed by atoms with E-state index in [1.165, 1.54) is 7.11 Å². The van der Waals surface area contributed by atoms with Gasteiger partial charge in [0.25, 0.3) is 0 Å². The van der Waals surface area contributed by atoms with Crippen LogP contribution in [0.25, 0.3) is 0 Å². The van der Waals surface area contributed by atoms with Gasteiger partial charge in [0, 0.05) is 5.56 Å². The van der Waals surface area contributed by atoms with Gasteiger partial charge in [-0.15, -0.1) is 12.6 Å². The van der Waals surface area contributed by atoms with Gasteiger partial charge in [0.1, 0.15) is 0 Å². The van der Waals surface area contributed by atoms with Crippen LogP contribution in [0.1, 0.15) is 38.3 Å². The van der Waals surface area contributed by atoms with E-state index in [0.29, 0.717) is 29.9 Å². The van der Waals surface area contributed by atoms with Crippen LogP contribution in [-0.2, 0) is 16.0 Å².